The number of benzene rings is 3. The highest BCUT2D eigenvalue weighted by molar-refractivity contribution is 7.99. The lowest BCUT2D eigenvalue weighted by Crippen LogP contribution is -2.10. The van der Waals surface area contributed by atoms with Crippen molar-refractivity contribution >= 4 is 51.3 Å². The molecule has 0 aliphatic rings. The van der Waals surface area contributed by atoms with E-state index in [2.05, 4.69) is 14.7 Å². The summed E-state index contributed by atoms with van der Waals surface area (Å²) < 4.78 is 8.49. The van der Waals surface area contributed by atoms with Crippen LogP contribution in [0.25, 0.3) is 44.6 Å². The van der Waals surface area contributed by atoms with Gasteiger partial charge >= 0.3 is 0 Å². The van der Waals surface area contributed by atoms with Crippen molar-refractivity contribution in [1.82, 2.24) is 19.9 Å². The fourth-order valence-electron chi connectivity index (χ4n) is 4.33. The zero-order chi connectivity index (χ0) is 26.8. The summed E-state index contributed by atoms with van der Waals surface area (Å²) in [6, 6.07) is 26.6. The molecule has 0 bridgehead atoms. The van der Waals surface area contributed by atoms with Crippen LogP contribution >= 0.6 is 23.5 Å². The maximum atomic E-state index is 13.2. The number of ether oxygens (including phenoxy) is 1. The molecule has 0 atom stereocenters. The van der Waals surface area contributed by atoms with Crippen LogP contribution in [0.3, 0.4) is 0 Å². The van der Waals surface area contributed by atoms with Crippen molar-refractivity contribution in [3.05, 3.63) is 112 Å². The SMILES string of the molecule is COc1ccc(NSCc2cc(=O)c3nc(-c4cc(Cl)c5ncccc5c4)c(-c4ccccc4)nc3[nH]2)cc1. The molecular formula is C30H22ClN5O2S. The van der Waals surface area contributed by atoms with Gasteiger partial charge in [0, 0.05) is 40.2 Å². The molecule has 0 spiro atoms. The van der Waals surface area contributed by atoms with Gasteiger partial charge in [-0.05, 0) is 54.4 Å². The highest BCUT2D eigenvalue weighted by Gasteiger charge is 2.17. The lowest BCUT2D eigenvalue weighted by molar-refractivity contribution is 0.415. The Bertz CT molecular complexity index is 1860. The van der Waals surface area contributed by atoms with Gasteiger partial charge in [0.15, 0.2) is 11.2 Å². The molecule has 0 aliphatic heterocycles. The summed E-state index contributed by atoms with van der Waals surface area (Å²) in [5.41, 5.74) is 5.75. The van der Waals surface area contributed by atoms with Crippen molar-refractivity contribution in [3.8, 4) is 28.3 Å². The number of hydrogen-bond donors (Lipinski definition) is 2. The van der Waals surface area contributed by atoms with E-state index in [1.165, 1.54) is 11.9 Å². The lowest BCUT2D eigenvalue weighted by atomic mass is 10.0. The summed E-state index contributed by atoms with van der Waals surface area (Å²) in [6.07, 6.45) is 1.71. The Balaban J connectivity index is 1.40. The molecule has 0 aliphatic carbocycles. The summed E-state index contributed by atoms with van der Waals surface area (Å²) in [5.74, 6) is 1.31. The van der Waals surface area contributed by atoms with Crippen LogP contribution in [0.4, 0.5) is 5.69 Å². The van der Waals surface area contributed by atoms with Gasteiger partial charge in [0.2, 0.25) is 5.43 Å². The van der Waals surface area contributed by atoms with Gasteiger partial charge in [-0.2, -0.15) is 0 Å². The topological polar surface area (TPSA) is 92.8 Å². The van der Waals surface area contributed by atoms with E-state index in [9.17, 15) is 4.79 Å². The molecule has 3 heterocycles. The van der Waals surface area contributed by atoms with E-state index in [1.807, 2.05) is 78.9 Å². The van der Waals surface area contributed by atoms with Gasteiger partial charge < -0.3 is 14.4 Å². The average molecular weight is 552 g/mol. The molecule has 7 nitrogen and oxygen atoms in total. The summed E-state index contributed by atoms with van der Waals surface area (Å²) in [7, 11) is 1.64. The first kappa shape index (κ1) is 24.9. The second kappa shape index (κ2) is 10.8. The van der Waals surface area contributed by atoms with Crippen LogP contribution < -0.4 is 14.9 Å². The second-order valence-electron chi connectivity index (χ2n) is 8.80. The zero-order valence-electron chi connectivity index (χ0n) is 20.8. The van der Waals surface area contributed by atoms with Crippen LogP contribution in [0.15, 0.2) is 95.9 Å². The van der Waals surface area contributed by atoms with Gasteiger partial charge in [-0.3, -0.25) is 9.78 Å². The average Bonchev–Trinajstić information content (AvgIpc) is 2.97. The van der Waals surface area contributed by atoms with Gasteiger partial charge in [-0.15, -0.1) is 0 Å². The van der Waals surface area contributed by atoms with Crippen molar-refractivity contribution in [1.29, 1.82) is 0 Å². The highest BCUT2D eigenvalue weighted by atomic mass is 35.5. The molecule has 0 radical (unpaired) electrons. The standard InChI is InChI=1S/C30H22ClN5O2S/c1-38-23-11-9-21(10-12-23)36-39-17-22-16-25(37)29-30(33-22)35-27(18-6-3-2-4-7-18)28(34-29)20-14-19-8-5-13-32-26(19)24(31)15-20/h2-16,36H,17H2,1H3,(H,33,35,37). The number of aromatic nitrogens is 4. The minimum Gasteiger partial charge on any atom is -0.497 e. The predicted octanol–water partition coefficient (Wildman–Crippen LogP) is 7.12. The van der Waals surface area contributed by atoms with Crippen molar-refractivity contribution in [3.63, 3.8) is 0 Å². The Hall–Kier alpha value is -4.40. The number of fused-ring (bicyclic) bond motifs is 2. The van der Waals surface area contributed by atoms with E-state index in [-0.39, 0.29) is 10.9 Å². The van der Waals surface area contributed by atoms with Crippen molar-refractivity contribution < 1.29 is 4.74 Å². The highest BCUT2D eigenvalue weighted by Crippen LogP contribution is 2.34. The minimum atomic E-state index is -0.203. The number of methoxy groups -OCH3 is 1. The first-order valence-corrected chi connectivity index (χ1v) is 13.5. The molecule has 2 N–H and O–H groups in total. The molecule has 0 amide bonds. The lowest BCUT2D eigenvalue weighted by Gasteiger charge is -2.12. The van der Waals surface area contributed by atoms with Crippen LogP contribution in [-0.4, -0.2) is 27.0 Å². The van der Waals surface area contributed by atoms with Crippen molar-refractivity contribution in [2.24, 2.45) is 0 Å². The maximum absolute atomic E-state index is 13.2. The second-order valence-corrected chi connectivity index (χ2v) is 9.98. The molecule has 39 heavy (non-hydrogen) atoms. The number of rotatable bonds is 7. The van der Waals surface area contributed by atoms with E-state index < -0.39 is 0 Å². The van der Waals surface area contributed by atoms with Gasteiger partial charge in [0.25, 0.3) is 0 Å². The third-order valence-electron chi connectivity index (χ3n) is 6.20. The number of H-pyrrole nitrogens is 1. The monoisotopic (exact) mass is 551 g/mol. The first-order chi connectivity index (χ1) is 19.1. The number of nitrogens with one attached hydrogen (secondary N) is 2. The predicted molar refractivity (Wildman–Crippen MR) is 159 cm³/mol. The molecule has 3 aromatic carbocycles. The summed E-state index contributed by atoms with van der Waals surface area (Å²) in [4.78, 5) is 30.7. The molecule has 0 fully saturated rings. The van der Waals surface area contributed by atoms with Crippen LogP contribution in [0.5, 0.6) is 5.75 Å². The van der Waals surface area contributed by atoms with E-state index in [1.54, 1.807) is 19.4 Å². The molecule has 6 rings (SSSR count). The van der Waals surface area contributed by atoms with E-state index >= 15 is 0 Å². The molecule has 0 saturated carbocycles. The summed E-state index contributed by atoms with van der Waals surface area (Å²) in [6.45, 7) is 0. The van der Waals surface area contributed by atoms with Crippen LogP contribution in [0, 0.1) is 0 Å². The number of pyridine rings is 2. The Morgan fingerprint density at radius 2 is 1.69 bits per heavy atom. The van der Waals surface area contributed by atoms with Crippen LogP contribution in [0.2, 0.25) is 5.02 Å². The Labute approximate surface area is 233 Å². The van der Waals surface area contributed by atoms with Crippen LogP contribution in [0.1, 0.15) is 5.69 Å². The molecule has 0 saturated heterocycles. The number of hydrogen-bond acceptors (Lipinski definition) is 7. The normalized spacial score (nSPS) is 11.1. The number of aromatic amines is 1. The van der Waals surface area contributed by atoms with Gasteiger partial charge in [0.05, 0.1) is 34.8 Å². The third-order valence-corrected chi connectivity index (χ3v) is 7.32. The smallest absolute Gasteiger partial charge is 0.209 e. The van der Waals surface area contributed by atoms with Gasteiger partial charge in [0.1, 0.15) is 5.75 Å². The van der Waals surface area contributed by atoms with Crippen molar-refractivity contribution in [2.45, 2.75) is 5.75 Å². The Kier molecular flexibility index (Phi) is 6.87. The molecule has 0 unspecified atom stereocenters. The molecule has 9 heteroatoms. The quantitative estimate of drug-likeness (QED) is 0.204. The molecular weight excluding hydrogens is 530 g/mol. The minimum absolute atomic E-state index is 0.203. The van der Waals surface area contributed by atoms with E-state index in [0.29, 0.717) is 33.3 Å². The number of anilines is 1. The maximum Gasteiger partial charge on any atom is 0.209 e. The molecule has 192 valence electrons. The van der Waals surface area contributed by atoms with Gasteiger partial charge in [-0.25, -0.2) is 9.97 Å². The zero-order valence-corrected chi connectivity index (χ0v) is 22.4. The number of halogens is 1. The Morgan fingerprint density at radius 3 is 2.49 bits per heavy atom. The van der Waals surface area contributed by atoms with Gasteiger partial charge in [-0.1, -0.05) is 48.0 Å². The van der Waals surface area contributed by atoms with E-state index in [0.717, 1.165) is 33.6 Å². The summed E-state index contributed by atoms with van der Waals surface area (Å²) >= 11 is 8.06. The number of nitrogens with zero attached hydrogens (tertiary/aromatic N) is 3. The third kappa shape index (κ3) is 5.16. The fraction of sp³-hybridized carbons (Fsp3) is 0.0667. The summed E-state index contributed by atoms with van der Waals surface area (Å²) in [5, 5.41) is 1.39. The molecule has 6 aromatic rings. The molecule has 3 aromatic heterocycles. The van der Waals surface area contributed by atoms with E-state index in [4.69, 9.17) is 26.3 Å². The fourth-order valence-corrected chi connectivity index (χ4v) is 5.29. The largest absolute Gasteiger partial charge is 0.497 e. The van der Waals surface area contributed by atoms with Crippen LogP contribution in [-0.2, 0) is 5.75 Å². The van der Waals surface area contributed by atoms with Crippen molar-refractivity contribution in [2.75, 3.05) is 11.8 Å². The first-order valence-electron chi connectivity index (χ1n) is 12.1. The Morgan fingerprint density at radius 1 is 0.897 bits per heavy atom.